The van der Waals surface area contributed by atoms with Gasteiger partial charge >= 0.3 is 0 Å². The van der Waals surface area contributed by atoms with E-state index in [4.69, 9.17) is 4.42 Å². The fourth-order valence-corrected chi connectivity index (χ4v) is 2.11. The SMILES string of the molecule is C[C@H](Cc1ccc(O)cc1)NC(=O)c1coc(Br)c1. The van der Waals surface area contributed by atoms with Gasteiger partial charge in [-0.1, -0.05) is 12.1 Å². The van der Waals surface area contributed by atoms with Gasteiger partial charge in [0.25, 0.3) is 5.91 Å². The first kappa shape index (κ1) is 13.7. The van der Waals surface area contributed by atoms with E-state index in [1.807, 2.05) is 19.1 Å². The first-order valence-corrected chi connectivity index (χ1v) is 6.66. The summed E-state index contributed by atoms with van der Waals surface area (Å²) in [6.45, 7) is 1.93. The van der Waals surface area contributed by atoms with Gasteiger partial charge in [0.15, 0.2) is 4.67 Å². The molecule has 1 atom stereocenters. The Morgan fingerprint density at radius 2 is 2.11 bits per heavy atom. The molecule has 2 rings (SSSR count). The number of carbonyl (C=O) groups excluding carboxylic acids is 1. The number of furan rings is 1. The van der Waals surface area contributed by atoms with Crippen LogP contribution >= 0.6 is 15.9 Å². The van der Waals surface area contributed by atoms with Crippen LogP contribution in [0.5, 0.6) is 5.75 Å². The molecule has 1 heterocycles. The topological polar surface area (TPSA) is 62.5 Å². The smallest absolute Gasteiger partial charge is 0.254 e. The van der Waals surface area contributed by atoms with Crippen molar-refractivity contribution in [2.75, 3.05) is 0 Å². The maximum absolute atomic E-state index is 11.9. The van der Waals surface area contributed by atoms with E-state index in [2.05, 4.69) is 21.2 Å². The van der Waals surface area contributed by atoms with Crippen molar-refractivity contribution in [3.63, 3.8) is 0 Å². The summed E-state index contributed by atoms with van der Waals surface area (Å²) in [4.78, 5) is 11.9. The summed E-state index contributed by atoms with van der Waals surface area (Å²) in [5.41, 5.74) is 1.54. The fraction of sp³-hybridized carbons (Fsp3) is 0.214. The van der Waals surface area contributed by atoms with Crippen molar-refractivity contribution in [1.82, 2.24) is 5.32 Å². The first-order valence-electron chi connectivity index (χ1n) is 5.87. The van der Waals surface area contributed by atoms with Crippen LogP contribution in [0.3, 0.4) is 0 Å². The highest BCUT2D eigenvalue weighted by Crippen LogP contribution is 2.15. The molecule has 0 saturated carbocycles. The summed E-state index contributed by atoms with van der Waals surface area (Å²) in [7, 11) is 0. The largest absolute Gasteiger partial charge is 0.508 e. The number of halogens is 1. The fourth-order valence-electron chi connectivity index (χ4n) is 1.77. The molecule has 0 aliphatic heterocycles. The van der Waals surface area contributed by atoms with E-state index < -0.39 is 0 Å². The van der Waals surface area contributed by atoms with E-state index in [0.29, 0.717) is 16.7 Å². The second-order valence-corrected chi connectivity index (χ2v) is 5.17. The third kappa shape index (κ3) is 3.86. The summed E-state index contributed by atoms with van der Waals surface area (Å²) in [5.74, 6) is 0.0735. The number of hydrogen-bond donors (Lipinski definition) is 2. The Hall–Kier alpha value is -1.75. The Kier molecular flexibility index (Phi) is 4.27. The van der Waals surface area contributed by atoms with Gasteiger partial charge in [-0.05, 0) is 47.0 Å². The molecule has 19 heavy (non-hydrogen) atoms. The molecule has 2 N–H and O–H groups in total. The standard InChI is InChI=1S/C14H14BrNO3/c1-9(6-10-2-4-12(17)5-3-10)16-14(18)11-7-13(15)19-8-11/h2-5,7-9,17H,6H2,1H3,(H,16,18)/t9-/m1/s1. The van der Waals surface area contributed by atoms with Gasteiger partial charge in [-0.25, -0.2) is 0 Å². The molecule has 0 aliphatic carbocycles. The summed E-state index contributed by atoms with van der Waals surface area (Å²) < 4.78 is 5.56. The molecule has 2 aromatic rings. The third-order valence-electron chi connectivity index (χ3n) is 2.69. The Bertz CT molecular complexity index is 562. The maximum atomic E-state index is 11.9. The number of carbonyl (C=O) groups is 1. The lowest BCUT2D eigenvalue weighted by atomic mass is 10.1. The van der Waals surface area contributed by atoms with Crippen LogP contribution in [0.4, 0.5) is 0 Å². The van der Waals surface area contributed by atoms with Crippen molar-refractivity contribution >= 4 is 21.8 Å². The molecule has 1 amide bonds. The molecule has 0 fully saturated rings. The summed E-state index contributed by atoms with van der Waals surface area (Å²) >= 11 is 3.16. The van der Waals surface area contributed by atoms with Gasteiger partial charge in [-0.3, -0.25) is 4.79 Å². The highest BCUT2D eigenvalue weighted by molar-refractivity contribution is 9.10. The molecule has 0 saturated heterocycles. The first-order chi connectivity index (χ1) is 9.04. The Balaban J connectivity index is 1.92. The minimum absolute atomic E-state index is 0.00859. The summed E-state index contributed by atoms with van der Waals surface area (Å²) in [5, 5.41) is 12.1. The maximum Gasteiger partial charge on any atom is 0.254 e. The molecule has 1 aromatic carbocycles. The monoisotopic (exact) mass is 323 g/mol. The van der Waals surface area contributed by atoms with Gasteiger partial charge in [0.1, 0.15) is 12.0 Å². The van der Waals surface area contributed by atoms with Gasteiger partial charge in [0.05, 0.1) is 5.56 Å². The van der Waals surface area contributed by atoms with E-state index in [1.165, 1.54) is 6.26 Å². The lowest BCUT2D eigenvalue weighted by Gasteiger charge is -2.13. The van der Waals surface area contributed by atoms with Crippen molar-refractivity contribution in [1.29, 1.82) is 0 Å². The number of phenolic OH excluding ortho intramolecular Hbond substituents is 1. The van der Waals surface area contributed by atoms with Gasteiger partial charge in [0.2, 0.25) is 0 Å². The number of benzene rings is 1. The van der Waals surface area contributed by atoms with Crippen LogP contribution in [-0.2, 0) is 6.42 Å². The number of rotatable bonds is 4. The predicted molar refractivity (Wildman–Crippen MR) is 75.1 cm³/mol. The van der Waals surface area contributed by atoms with E-state index >= 15 is 0 Å². The van der Waals surface area contributed by atoms with Crippen LogP contribution < -0.4 is 5.32 Å². The van der Waals surface area contributed by atoms with E-state index in [-0.39, 0.29) is 17.7 Å². The van der Waals surface area contributed by atoms with Gasteiger partial charge in [-0.2, -0.15) is 0 Å². The van der Waals surface area contributed by atoms with Gasteiger partial charge < -0.3 is 14.8 Å². The molecule has 0 spiro atoms. The molecule has 5 heteroatoms. The molecule has 0 unspecified atom stereocenters. The molecular weight excluding hydrogens is 310 g/mol. The zero-order valence-electron chi connectivity index (χ0n) is 10.4. The Labute approximate surface area is 119 Å². The van der Waals surface area contributed by atoms with Crippen LogP contribution in [0.15, 0.2) is 45.7 Å². The number of nitrogens with one attached hydrogen (secondary N) is 1. The Morgan fingerprint density at radius 3 is 2.68 bits per heavy atom. The zero-order valence-corrected chi connectivity index (χ0v) is 12.0. The van der Waals surface area contributed by atoms with Crippen molar-refractivity contribution < 1.29 is 14.3 Å². The molecule has 0 radical (unpaired) electrons. The zero-order chi connectivity index (χ0) is 13.8. The van der Waals surface area contributed by atoms with E-state index in [1.54, 1.807) is 18.2 Å². The molecule has 1 aromatic heterocycles. The lowest BCUT2D eigenvalue weighted by molar-refractivity contribution is 0.0939. The van der Waals surface area contributed by atoms with Crippen LogP contribution in [-0.4, -0.2) is 17.1 Å². The number of aromatic hydroxyl groups is 1. The van der Waals surface area contributed by atoms with Crippen molar-refractivity contribution in [3.05, 3.63) is 52.4 Å². The predicted octanol–water partition coefficient (Wildman–Crippen LogP) is 3.11. The van der Waals surface area contributed by atoms with Crippen LogP contribution in [0, 0.1) is 0 Å². The summed E-state index contributed by atoms with van der Waals surface area (Å²) in [6, 6.07) is 8.57. The Morgan fingerprint density at radius 1 is 1.42 bits per heavy atom. The van der Waals surface area contributed by atoms with Gasteiger partial charge in [0, 0.05) is 12.1 Å². The van der Waals surface area contributed by atoms with Crippen molar-refractivity contribution in [3.8, 4) is 5.75 Å². The lowest BCUT2D eigenvalue weighted by Crippen LogP contribution is -2.33. The van der Waals surface area contributed by atoms with Crippen LogP contribution in [0.2, 0.25) is 0 Å². The minimum Gasteiger partial charge on any atom is -0.508 e. The second kappa shape index (κ2) is 5.93. The minimum atomic E-state index is -0.166. The van der Waals surface area contributed by atoms with Crippen LogP contribution in [0.25, 0.3) is 0 Å². The average molecular weight is 324 g/mol. The molecular formula is C14H14BrNO3. The van der Waals surface area contributed by atoms with Crippen LogP contribution in [0.1, 0.15) is 22.8 Å². The second-order valence-electron chi connectivity index (χ2n) is 4.38. The van der Waals surface area contributed by atoms with Gasteiger partial charge in [-0.15, -0.1) is 0 Å². The quantitative estimate of drug-likeness (QED) is 0.908. The molecule has 0 bridgehead atoms. The molecule has 4 nitrogen and oxygen atoms in total. The number of amides is 1. The number of hydrogen-bond acceptors (Lipinski definition) is 3. The normalized spacial score (nSPS) is 12.1. The third-order valence-corrected chi connectivity index (χ3v) is 3.10. The number of phenols is 1. The highest BCUT2D eigenvalue weighted by atomic mass is 79.9. The average Bonchev–Trinajstić information content (AvgIpc) is 2.79. The highest BCUT2D eigenvalue weighted by Gasteiger charge is 2.12. The summed E-state index contributed by atoms with van der Waals surface area (Å²) in [6.07, 6.45) is 2.11. The van der Waals surface area contributed by atoms with Crippen molar-refractivity contribution in [2.24, 2.45) is 0 Å². The van der Waals surface area contributed by atoms with E-state index in [0.717, 1.165) is 5.56 Å². The molecule has 0 aliphatic rings. The van der Waals surface area contributed by atoms with E-state index in [9.17, 15) is 9.90 Å². The molecule has 100 valence electrons. The van der Waals surface area contributed by atoms with Crippen molar-refractivity contribution in [2.45, 2.75) is 19.4 Å².